The van der Waals surface area contributed by atoms with Crippen LogP contribution in [0.1, 0.15) is 5.56 Å². The smallest absolute Gasteiger partial charge is 0.0823 e. The summed E-state index contributed by atoms with van der Waals surface area (Å²) in [5, 5.41) is 4.40. The van der Waals surface area contributed by atoms with E-state index in [9.17, 15) is 0 Å². The highest BCUT2D eigenvalue weighted by Crippen LogP contribution is 2.29. The van der Waals surface area contributed by atoms with E-state index in [-0.39, 0.29) is 0 Å². The fourth-order valence-corrected chi connectivity index (χ4v) is 1.90. The van der Waals surface area contributed by atoms with Gasteiger partial charge < -0.3 is 5.32 Å². The second kappa shape index (κ2) is 5.89. The van der Waals surface area contributed by atoms with Gasteiger partial charge in [0.15, 0.2) is 0 Å². The van der Waals surface area contributed by atoms with E-state index in [0.29, 0.717) is 10.0 Å². The predicted molar refractivity (Wildman–Crippen MR) is 72.9 cm³/mol. The average molecular weight is 267 g/mol. The molecule has 0 aliphatic rings. The molecule has 1 heterocycles. The Labute approximate surface area is 111 Å². The summed E-state index contributed by atoms with van der Waals surface area (Å²) in [5.74, 6) is 0. The van der Waals surface area contributed by atoms with Gasteiger partial charge in [-0.25, -0.2) is 0 Å². The third kappa shape index (κ3) is 3.35. The highest BCUT2D eigenvalue weighted by atomic mass is 35.5. The quantitative estimate of drug-likeness (QED) is 0.904. The van der Waals surface area contributed by atoms with Gasteiger partial charge >= 0.3 is 0 Å². The van der Waals surface area contributed by atoms with Crippen molar-refractivity contribution in [1.29, 1.82) is 0 Å². The summed E-state index contributed by atoms with van der Waals surface area (Å²) in [5.41, 5.74) is 2.06. The molecule has 0 radical (unpaired) electrons. The van der Waals surface area contributed by atoms with Crippen LogP contribution >= 0.6 is 23.2 Å². The average Bonchev–Trinajstić information content (AvgIpc) is 2.36. The van der Waals surface area contributed by atoms with Crippen molar-refractivity contribution in [3.63, 3.8) is 0 Å². The van der Waals surface area contributed by atoms with Crippen LogP contribution in [0.25, 0.3) is 0 Å². The molecule has 1 N–H and O–H groups in total. The molecule has 0 bridgehead atoms. The molecule has 88 valence electrons. The number of pyridine rings is 1. The molecule has 0 saturated carbocycles. The SMILES string of the molecule is Clc1cccc(NCCc2cccnc2)c1Cl. The topological polar surface area (TPSA) is 24.9 Å². The molecule has 0 aliphatic carbocycles. The van der Waals surface area contributed by atoms with Crippen molar-refractivity contribution < 1.29 is 0 Å². The molecule has 0 spiro atoms. The molecule has 2 aromatic rings. The van der Waals surface area contributed by atoms with Gasteiger partial charge in [0.1, 0.15) is 0 Å². The van der Waals surface area contributed by atoms with E-state index in [2.05, 4.69) is 10.3 Å². The van der Waals surface area contributed by atoms with Gasteiger partial charge in [0.25, 0.3) is 0 Å². The van der Waals surface area contributed by atoms with Gasteiger partial charge in [0.2, 0.25) is 0 Å². The minimum absolute atomic E-state index is 0.568. The minimum atomic E-state index is 0.568. The number of benzene rings is 1. The van der Waals surface area contributed by atoms with Gasteiger partial charge in [-0.05, 0) is 30.2 Å². The van der Waals surface area contributed by atoms with E-state index in [1.54, 1.807) is 12.3 Å². The maximum atomic E-state index is 6.07. The monoisotopic (exact) mass is 266 g/mol. The summed E-state index contributed by atoms with van der Waals surface area (Å²) in [4.78, 5) is 4.07. The van der Waals surface area contributed by atoms with Gasteiger partial charge in [-0.15, -0.1) is 0 Å². The summed E-state index contributed by atoms with van der Waals surface area (Å²) < 4.78 is 0. The number of hydrogen-bond donors (Lipinski definition) is 1. The normalized spacial score (nSPS) is 10.2. The Hall–Kier alpha value is -1.25. The molecule has 0 saturated heterocycles. The van der Waals surface area contributed by atoms with E-state index in [0.717, 1.165) is 18.7 Å². The molecule has 4 heteroatoms. The predicted octanol–water partition coefficient (Wildman–Crippen LogP) is 4.04. The Morgan fingerprint density at radius 1 is 1.12 bits per heavy atom. The van der Waals surface area contributed by atoms with Crippen LogP contribution in [0.5, 0.6) is 0 Å². The zero-order valence-corrected chi connectivity index (χ0v) is 10.7. The third-order valence-corrected chi connectivity index (χ3v) is 3.22. The Bertz CT molecular complexity index is 486. The first-order valence-corrected chi connectivity index (χ1v) is 6.10. The molecule has 17 heavy (non-hydrogen) atoms. The summed E-state index contributed by atoms with van der Waals surface area (Å²) >= 11 is 12.0. The highest BCUT2D eigenvalue weighted by molar-refractivity contribution is 6.43. The lowest BCUT2D eigenvalue weighted by atomic mass is 10.2. The Morgan fingerprint density at radius 2 is 2.00 bits per heavy atom. The van der Waals surface area contributed by atoms with E-state index in [1.165, 1.54) is 5.56 Å². The fraction of sp³-hybridized carbons (Fsp3) is 0.154. The maximum Gasteiger partial charge on any atom is 0.0823 e. The second-order valence-corrected chi connectivity index (χ2v) is 4.42. The maximum absolute atomic E-state index is 6.07. The van der Waals surface area contributed by atoms with E-state index >= 15 is 0 Å². The summed E-state index contributed by atoms with van der Waals surface area (Å²) in [6.45, 7) is 0.797. The summed E-state index contributed by atoms with van der Waals surface area (Å²) in [7, 11) is 0. The van der Waals surface area contributed by atoms with Crippen LogP contribution < -0.4 is 5.32 Å². The van der Waals surface area contributed by atoms with Crippen LogP contribution in [-0.4, -0.2) is 11.5 Å². The largest absolute Gasteiger partial charge is 0.383 e. The van der Waals surface area contributed by atoms with Gasteiger partial charge in [-0.1, -0.05) is 35.3 Å². The van der Waals surface area contributed by atoms with Crippen molar-refractivity contribution >= 4 is 28.9 Å². The van der Waals surface area contributed by atoms with Crippen LogP contribution in [-0.2, 0) is 6.42 Å². The molecule has 2 nitrogen and oxygen atoms in total. The molecule has 0 atom stereocenters. The van der Waals surface area contributed by atoms with Crippen LogP contribution in [0.2, 0.25) is 10.0 Å². The molecule has 0 fully saturated rings. The van der Waals surface area contributed by atoms with E-state index in [4.69, 9.17) is 23.2 Å². The lowest BCUT2D eigenvalue weighted by Gasteiger charge is -2.08. The van der Waals surface area contributed by atoms with Gasteiger partial charge in [-0.3, -0.25) is 4.98 Å². The Kier molecular flexibility index (Phi) is 4.24. The Morgan fingerprint density at radius 3 is 2.76 bits per heavy atom. The van der Waals surface area contributed by atoms with Crippen LogP contribution in [0, 0.1) is 0 Å². The number of rotatable bonds is 4. The zero-order valence-electron chi connectivity index (χ0n) is 9.16. The number of aromatic nitrogens is 1. The molecule has 1 aromatic carbocycles. The van der Waals surface area contributed by atoms with Gasteiger partial charge in [0, 0.05) is 18.9 Å². The molecule has 2 rings (SSSR count). The van der Waals surface area contributed by atoms with Crippen molar-refractivity contribution in [2.24, 2.45) is 0 Å². The van der Waals surface area contributed by atoms with E-state index < -0.39 is 0 Å². The molecular weight excluding hydrogens is 255 g/mol. The molecule has 0 aliphatic heterocycles. The molecule has 1 aromatic heterocycles. The summed E-state index contributed by atoms with van der Waals surface area (Å²) in [6.07, 6.45) is 4.53. The minimum Gasteiger partial charge on any atom is -0.383 e. The third-order valence-electron chi connectivity index (χ3n) is 2.40. The molecular formula is C13H12Cl2N2. The lowest BCUT2D eigenvalue weighted by molar-refractivity contribution is 1.01. The first-order chi connectivity index (χ1) is 8.27. The number of anilines is 1. The van der Waals surface area contributed by atoms with E-state index in [1.807, 2.05) is 30.5 Å². The zero-order chi connectivity index (χ0) is 12.1. The van der Waals surface area contributed by atoms with Crippen LogP contribution in [0.15, 0.2) is 42.7 Å². The first-order valence-electron chi connectivity index (χ1n) is 5.34. The van der Waals surface area contributed by atoms with Crippen molar-refractivity contribution in [2.45, 2.75) is 6.42 Å². The highest BCUT2D eigenvalue weighted by Gasteiger charge is 2.03. The number of nitrogens with one attached hydrogen (secondary N) is 1. The Balaban J connectivity index is 1.93. The van der Waals surface area contributed by atoms with Crippen molar-refractivity contribution in [1.82, 2.24) is 4.98 Å². The molecule has 0 amide bonds. The lowest BCUT2D eigenvalue weighted by Crippen LogP contribution is -2.05. The number of nitrogens with zero attached hydrogens (tertiary/aromatic N) is 1. The van der Waals surface area contributed by atoms with Crippen molar-refractivity contribution in [2.75, 3.05) is 11.9 Å². The first kappa shape index (κ1) is 12.2. The molecule has 0 unspecified atom stereocenters. The standard InChI is InChI=1S/C13H12Cl2N2/c14-11-4-1-5-12(13(11)15)17-8-6-10-3-2-7-16-9-10/h1-5,7,9,17H,6,8H2. The van der Waals surface area contributed by atoms with Crippen LogP contribution in [0.4, 0.5) is 5.69 Å². The van der Waals surface area contributed by atoms with Gasteiger partial charge in [0.05, 0.1) is 15.7 Å². The number of hydrogen-bond acceptors (Lipinski definition) is 2. The number of halogens is 2. The van der Waals surface area contributed by atoms with Crippen molar-refractivity contribution in [3.8, 4) is 0 Å². The fourth-order valence-electron chi connectivity index (χ4n) is 1.53. The summed E-state index contributed by atoms with van der Waals surface area (Å²) in [6, 6.07) is 9.55. The van der Waals surface area contributed by atoms with Gasteiger partial charge in [-0.2, -0.15) is 0 Å². The second-order valence-electron chi connectivity index (χ2n) is 3.64. The van der Waals surface area contributed by atoms with Crippen molar-refractivity contribution in [3.05, 3.63) is 58.3 Å². The van der Waals surface area contributed by atoms with Crippen LogP contribution in [0.3, 0.4) is 0 Å².